The van der Waals surface area contributed by atoms with E-state index in [4.69, 9.17) is 4.74 Å². The van der Waals surface area contributed by atoms with Gasteiger partial charge in [-0.15, -0.1) is 0 Å². The van der Waals surface area contributed by atoms with Crippen LogP contribution in [0.15, 0.2) is 59.5 Å². The van der Waals surface area contributed by atoms with Crippen molar-refractivity contribution < 1.29 is 17.9 Å². The smallest absolute Gasteiger partial charge is 0.264 e. The third-order valence-electron chi connectivity index (χ3n) is 4.22. The van der Waals surface area contributed by atoms with Crippen molar-refractivity contribution in [1.29, 1.82) is 0 Å². The van der Waals surface area contributed by atoms with Crippen molar-refractivity contribution in [2.75, 3.05) is 38.0 Å². The average Bonchev–Trinajstić information content (AvgIpc) is 2.67. The fraction of sp³-hybridized carbons (Fsp3) is 0.316. The van der Waals surface area contributed by atoms with Crippen molar-refractivity contribution in [1.82, 2.24) is 10.2 Å². The molecule has 1 aliphatic heterocycles. The monoisotopic (exact) mass is 389 g/mol. The van der Waals surface area contributed by atoms with Gasteiger partial charge in [0, 0.05) is 13.1 Å². The molecule has 2 aromatic carbocycles. The Morgan fingerprint density at radius 3 is 2.52 bits per heavy atom. The fourth-order valence-electron chi connectivity index (χ4n) is 2.80. The second-order valence-corrected chi connectivity index (χ2v) is 8.38. The van der Waals surface area contributed by atoms with Crippen LogP contribution in [-0.2, 0) is 14.8 Å². The Labute approximate surface area is 159 Å². The van der Waals surface area contributed by atoms with Crippen LogP contribution in [0.1, 0.15) is 0 Å². The first-order chi connectivity index (χ1) is 12.9. The normalized spacial score (nSPS) is 16.6. The molecule has 8 heteroatoms. The number of anilines is 1. The topological polar surface area (TPSA) is 79.0 Å². The number of hydrogen-bond donors (Lipinski definition) is 1. The molecule has 1 aliphatic rings. The molecule has 0 saturated carbocycles. The van der Waals surface area contributed by atoms with Crippen LogP contribution in [0.2, 0.25) is 0 Å². The second-order valence-electron chi connectivity index (χ2n) is 6.52. The van der Waals surface area contributed by atoms with Crippen LogP contribution >= 0.6 is 0 Å². The van der Waals surface area contributed by atoms with Crippen LogP contribution in [0, 0.1) is 0 Å². The molecule has 3 rings (SSSR count). The van der Waals surface area contributed by atoms with Gasteiger partial charge in [0.05, 0.1) is 17.1 Å². The number of likely N-dealkylation sites (N-methyl/N-ethyl adjacent to an activating group) is 1. The van der Waals surface area contributed by atoms with Gasteiger partial charge in [-0.05, 0) is 38.4 Å². The predicted octanol–water partition coefficient (Wildman–Crippen LogP) is 1.32. The highest BCUT2D eigenvalue weighted by Crippen LogP contribution is 2.36. The van der Waals surface area contributed by atoms with Crippen molar-refractivity contribution in [3.8, 4) is 5.75 Å². The molecule has 0 aromatic heterocycles. The molecule has 0 spiro atoms. The average molecular weight is 389 g/mol. The number of amides is 1. The lowest BCUT2D eigenvalue weighted by atomic mass is 10.2. The molecule has 2 aromatic rings. The molecular weight excluding hydrogens is 366 g/mol. The number of ether oxygens (including phenoxy) is 1. The Morgan fingerprint density at radius 1 is 1.15 bits per heavy atom. The first-order valence-electron chi connectivity index (χ1n) is 8.65. The van der Waals surface area contributed by atoms with Crippen LogP contribution in [0.4, 0.5) is 5.69 Å². The molecule has 1 heterocycles. The number of benzene rings is 2. The zero-order valence-electron chi connectivity index (χ0n) is 15.3. The van der Waals surface area contributed by atoms with Crippen molar-refractivity contribution in [3.63, 3.8) is 0 Å². The third-order valence-corrected chi connectivity index (χ3v) is 6.01. The van der Waals surface area contributed by atoms with Gasteiger partial charge in [0.25, 0.3) is 15.9 Å². The van der Waals surface area contributed by atoms with E-state index in [1.165, 1.54) is 4.31 Å². The van der Waals surface area contributed by atoms with E-state index < -0.39 is 16.1 Å². The predicted molar refractivity (Wildman–Crippen MR) is 103 cm³/mol. The molecule has 0 radical (unpaired) electrons. The van der Waals surface area contributed by atoms with E-state index in [0.717, 1.165) is 0 Å². The Balaban J connectivity index is 1.88. The van der Waals surface area contributed by atoms with Gasteiger partial charge in [-0.3, -0.25) is 9.10 Å². The lowest BCUT2D eigenvalue weighted by Crippen LogP contribution is -2.51. The highest BCUT2D eigenvalue weighted by Gasteiger charge is 2.37. The second kappa shape index (κ2) is 7.98. The lowest BCUT2D eigenvalue weighted by molar-refractivity contribution is -0.127. The molecule has 0 fully saturated rings. The molecule has 1 N–H and O–H groups in total. The first kappa shape index (κ1) is 19.2. The minimum atomic E-state index is -3.81. The zero-order valence-corrected chi connectivity index (χ0v) is 16.1. The molecule has 27 heavy (non-hydrogen) atoms. The fourth-order valence-corrected chi connectivity index (χ4v) is 4.30. The molecule has 0 saturated heterocycles. The van der Waals surface area contributed by atoms with Crippen molar-refractivity contribution >= 4 is 21.6 Å². The number of para-hydroxylation sites is 2. The van der Waals surface area contributed by atoms with E-state index in [9.17, 15) is 13.2 Å². The summed E-state index contributed by atoms with van der Waals surface area (Å²) >= 11 is 0. The summed E-state index contributed by atoms with van der Waals surface area (Å²) in [6, 6.07) is 15.0. The highest BCUT2D eigenvalue weighted by atomic mass is 32.2. The molecule has 0 aliphatic carbocycles. The molecule has 1 amide bonds. The Kier molecular flexibility index (Phi) is 5.67. The Bertz CT molecular complexity index is 900. The van der Waals surface area contributed by atoms with E-state index in [1.54, 1.807) is 54.6 Å². The van der Waals surface area contributed by atoms with Crippen molar-refractivity contribution in [2.45, 2.75) is 11.0 Å². The van der Waals surface area contributed by atoms with Crippen molar-refractivity contribution in [2.24, 2.45) is 0 Å². The van der Waals surface area contributed by atoms with Gasteiger partial charge in [0.15, 0.2) is 6.10 Å². The van der Waals surface area contributed by atoms with Crippen molar-refractivity contribution in [3.05, 3.63) is 54.6 Å². The minimum absolute atomic E-state index is 0.0813. The quantitative estimate of drug-likeness (QED) is 0.806. The van der Waals surface area contributed by atoms with Gasteiger partial charge in [-0.2, -0.15) is 0 Å². The number of fused-ring (bicyclic) bond motifs is 1. The number of nitrogens with one attached hydrogen (secondary N) is 1. The number of hydrogen-bond acceptors (Lipinski definition) is 5. The van der Waals surface area contributed by atoms with E-state index in [1.807, 2.05) is 19.0 Å². The number of carbonyl (C=O) groups excluding carboxylic acids is 1. The summed E-state index contributed by atoms with van der Waals surface area (Å²) in [5.41, 5.74) is 0.429. The summed E-state index contributed by atoms with van der Waals surface area (Å²) in [5, 5.41) is 2.80. The molecule has 7 nitrogen and oxygen atoms in total. The SMILES string of the molecule is CN(C)CCNC(=O)C1CN(S(=O)(=O)c2ccccc2)c2ccccc2O1. The number of rotatable bonds is 6. The number of carbonyl (C=O) groups is 1. The van der Waals surface area contributed by atoms with E-state index in [-0.39, 0.29) is 17.3 Å². The van der Waals surface area contributed by atoms with E-state index >= 15 is 0 Å². The first-order valence-corrected chi connectivity index (χ1v) is 10.1. The maximum Gasteiger partial charge on any atom is 0.264 e. The van der Waals surface area contributed by atoms with Crippen LogP contribution < -0.4 is 14.4 Å². The molecule has 1 unspecified atom stereocenters. The third kappa shape index (κ3) is 4.23. The van der Waals surface area contributed by atoms with E-state index in [2.05, 4.69) is 5.32 Å². The molecule has 1 atom stereocenters. The standard InChI is InChI=1S/C19H23N3O4S/c1-21(2)13-12-20-19(23)18-14-22(16-10-6-7-11-17(16)26-18)27(24,25)15-8-4-3-5-9-15/h3-11,18H,12-14H2,1-2H3,(H,20,23). The Hall–Kier alpha value is -2.58. The minimum Gasteiger partial charge on any atom is -0.476 e. The summed E-state index contributed by atoms with van der Waals surface area (Å²) in [5.74, 6) is 0.0376. The van der Waals surface area contributed by atoms with Gasteiger partial charge in [0.2, 0.25) is 0 Å². The lowest BCUT2D eigenvalue weighted by Gasteiger charge is -2.34. The van der Waals surface area contributed by atoms with Gasteiger partial charge >= 0.3 is 0 Å². The van der Waals surface area contributed by atoms with Gasteiger partial charge < -0.3 is 15.0 Å². The maximum atomic E-state index is 13.2. The molecule has 144 valence electrons. The number of nitrogens with zero attached hydrogens (tertiary/aromatic N) is 2. The van der Waals surface area contributed by atoms with Gasteiger partial charge in [-0.25, -0.2) is 8.42 Å². The van der Waals surface area contributed by atoms with Crippen LogP contribution in [0.3, 0.4) is 0 Å². The largest absolute Gasteiger partial charge is 0.476 e. The molecule has 0 bridgehead atoms. The summed E-state index contributed by atoms with van der Waals surface area (Å²) in [7, 11) is 0.0101. The number of sulfonamides is 1. The summed E-state index contributed by atoms with van der Waals surface area (Å²) in [4.78, 5) is 14.6. The summed E-state index contributed by atoms with van der Waals surface area (Å²) in [6.45, 7) is 1.06. The Morgan fingerprint density at radius 2 is 1.81 bits per heavy atom. The maximum absolute atomic E-state index is 13.2. The zero-order chi connectivity index (χ0) is 19.4. The van der Waals surface area contributed by atoms with E-state index in [0.29, 0.717) is 24.5 Å². The molecular formula is C19H23N3O4S. The summed E-state index contributed by atoms with van der Waals surface area (Å²) in [6.07, 6.45) is -0.916. The summed E-state index contributed by atoms with van der Waals surface area (Å²) < 4.78 is 33.3. The van der Waals surface area contributed by atoms with Gasteiger partial charge in [0.1, 0.15) is 5.75 Å². The van der Waals surface area contributed by atoms with Crippen LogP contribution in [0.5, 0.6) is 5.75 Å². The van der Waals surface area contributed by atoms with Gasteiger partial charge in [-0.1, -0.05) is 30.3 Å². The van der Waals surface area contributed by atoms with Crippen LogP contribution in [0.25, 0.3) is 0 Å². The van der Waals surface area contributed by atoms with Crippen LogP contribution in [-0.4, -0.2) is 59.1 Å². The highest BCUT2D eigenvalue weighted by molar-refractivity contribution is 7.92.